The van der Waals surface area contributed by atoms with Crippen molar-refractivity contribution >= 4 is 11.5 Å². The van der Waals surface area contributed by atoms with Crippen molar-refractivity contribution in [3.63, 3.8) is 0 Å². The van der Waals surface area contributed by atoms with Gasteiger partial charge in [-0.05, 0) is 98.4 Å². The summed E-state index contributed by atoms with van der Waals surface area (Å²) in [6, 6.07) is 8.01. The van der Waals surface area contributed by atoms with E-state index in [0.29, 0.717) is 18.3 Å². The number of rotatable bonds is 9. The second-order valence-corrected chi connectivity index (χ2v) is 11.5. The van der Waals surface area contributed by atoms with Crippen LogP contribution in [0.4, 0.5) is 37.8 Å². The van der Waals surface area contributed by atoms with Gasteiger partial charge < -0.3 is 9.80 Å². The summed E-state index contributed by atoms with van der Waals surface area (Å²) >= 11 is 0. The molecule has 41 heavy (non-hydrogen) atoms. The number of halogens is 6. The van der Waals surface area contributed by atoms with Crippen LogP contribution in [0.1, 0.15) is 78.1 Å². The highest BCUT2D eigenvalue weighted by Crippen LogP contribution is 2.38. The average molecular weight is 579 g/mol. The molecule has 0 saturated heterocycles. The van der Waals surface area contributed by atoms with E-state index in [1.54, 1.807) is 11.0 Å². The van der Waals surface area contributed by atoms with Crippen molar-refractivity contribution < 1.29 is 26.3 Å². The summed E-state index contributed by atoms with van der Waals surface area (Å²) in [5, 5.41) is 7.21. The van der Waals surface area contributed by atoms with Gasteiger partial charge in [-0.25, -0.2) is 0 Å². The molecule has 5 rings (SSSR count). The van der Waals surface area contributed by atoms with Gasteiger partial charge in [0, 0.05) is 43.6 Å². The first-order valence-corrected chi connectivity index (χ1v) is 14.4. The van der Waals surface area contributed by atoms with Gasteiger partial charge in [-0.3, -0.25) is 5.10 Å². The number of H-pyrrole nitrogens is 1. The summed E-state index contributed by atoms with van der Waals surface area (Å²) in [6.07, 6.45) is -1.89. The van der Waals surface area contributed by atoms with E-state index in [9.17, 15) is 26.3 Å². The first kappa shape index (κ1) is 29.3. The molecule has 2 aromatic carbocycles. The van der Waals surface area contributed by atoms with Crippen molar-refractivity contribution in [2.45, 2.75) is 84.2 Å². The van der Waals surface area contributed by atoms with E-state index >= 15 is 0 Å². The van der Waals surface area contributed by atoms with Crippen LogP contribution in [0.5, 0.6) is 0 Å². The number of nitrogens with one attached hydrogen (secondary N) is 1. The molecule has 1 aromatic heterocycles. The molecule has 0 spiro atoms. The lowest BCUT2D eigenvalue weighted by Crippen LogP contribution is -2.31. The molecule has 222 valence electrons. The van der Waals surface area contributed by atoms with Gasteiger partial charge in [-0.2, -0.15) is 31.4 Å². The maximum Gasteiger partial charge on any atom is 0.416 e. The maximum atomic E-state index is 13.6. The van der Waals surface area contributed by atoms with E-state index in [0.717, 1.165) is 61.4 Å². The van der Waals surface area contributed by atoms with Crippen molar-refractivity contribution in [2.75, 3.05) is 22.9 Å². The van der Waals surface area contributed by atoms with Gasteiger partial charge >= 0.3 is 12.4 Å². The van der Waals surface area contributed by atoms with Gasteiger partial charge in [0.15, 0.2) is 5.82 Å². The zero-order valence-corrected chi connectivity index (χ0v) is 23.4. The van der Waals surface area contributed by atoms with Gasteiger partial charge in [0.1, 0.15) is 0 Å². The molecule has 10 heteroatoms. The minimum Gasteiger partial charge on any atom is -0.371 e. The molecule has 1 saturated carbocycles. The van der Waals surface area contributed by atoms with E-state index in [1.165, 1.54) is 36.8 Å². The number of fused-ring (bicyclic) bond motifs is 1. The fourth-order valence-electron chi connectivity index (χ4n) is 6.31. The van der Waals surface area contributed by atoms with Crippen LogP contribution >= 0.6 is 0 Å². The largest absolute Gasteiger partial charge is 0.416 e. The predicted molar refractivity (Wildman–Crippen MR) is 148 cm³/mol. The van der Waals surface area contributed by atoms with Crippen LogP contribution in [0.3, 0.4) is 0 Å². The Bertz CT molecular complexity index is 1320. The van der Waals surface area contributed by atoms with Crippen LogP contribution in [-0.2, 0) is 38.3 Å². The Balaban J connectivity index is 1.54. The SMILES string of the molecule is CCN(CC1CCCC1)c1cc2c(cc1CN(Cc1cc(C(F)(F)F)cc(C(F)(F)F)c1)c1cc(C)[nH]n1)CCC2. The van der Waals surface area contributed by atoms with E-state index in [-0.39, 0.29) is 18.2 Å². The quantitative estimate of drug-likeness (QED) is 0.259. The molecule has 1 heterocycles. The van der Waals surface area contributed by atoms with Crippen LogP contribution < -0.4 is 9.80 Å². The van der Waals surface area contributed by atoms with E-state index in [2.05, 4.69) is 34.2 Å². The zero-order chi connectivity index (χ0) is 29.4. The molecule has 0 radical (unpaired) electrons. The third-order valence-electron chi connectivity index (χ3n) is 8.37. The van der Waals surface area contributed by atoms with Crippen molar-refractivity contribution in [3.8, 4) is 0 Å². The first-order valence-electron chi connectivity index (χ1n) is 14.4. The summed E-state index contributed by atoms with van der Waals surface area (Å²) in [5.74, 6) is 1.09. The Kier molecular flexibility index (Phi) is 8.30. The van der Waals surface area contributed by atoms with Crippen LogP contribution in [0.15, 0.2) is 36.4 Å². The molecule has 0 amide bonds. The molecule has 0 bridgehead atoms. The zero-order valence-electron chi connectivity index (χ0n) is 23.4. The Hall–Kier alpha value is -3.17. The summed E-state index contributed by atoms with van der Waals surface area (Å²) in [7, 11) is 0. The monoisotopic (exact) mass is 578 g/mol. The Morgan fingerprint density at radius 3 is 2.00 bits per heavy atom. The topological polar surface area (TPSA) is 35.2 Å². The molecule has 0 unspecified atom stereocenters. The second kappa shape index (κ2) is 11.6. The molecular weight excluding hydrogens is 542 g/mol. The van der Waals surface area contributed by atoms with E-state index in [4.69, 9.17) is 0 Å². The fraction of sp³-hybridized carbons (Fsp3) is 0.516. The average Bonchev–Trinajstić information content (AvgIpc) is 3.67. The fourth-order valence-corrected chi connectivity index (χ4v) is 6.31. The van der Waals surface area contributed by atoms with Crippen molar-refractivity contribution in [3.05, 3.63) is 75.5 Å². The molecular formula is C31H36F6N4. The molecule has 4 nitrogen and oxygen atoms in total. The normalized spacial score (nSPS) is 15.9. The Morgan fingerprint density at radius 1 is 0.805 bits per heavy atom. The lowest BCUT2D eigenvalue weighted by molar-refractivity contribution is -0.143. The molecule has 3 aromatic rings. The Morgan fingerprint density at radius 2 is 1.44 bits per heavy atom. The van der Waals surface area contributed by atoms with Crippen molar-refractivity contribution in [1.82, 2.24) is 10.2 Å². The highest BCUT2D eigenvalue weighted by molar-refractivity contribution is 5.60. The lowest BCUT2D eigenvalue weighted by atomic mass is 10.00. The number of benzene rings is 2. The molecule has 1 fully saturated rings. The number of hydrogen-bond donors (Lipinski definition) is 1. The molecule has 0 atom stereocenters. The number of aromatic amines is 1. The van der Waals surface area contributed by atoms with Gasteiger partial charge in [0.2, 0.25) is 0 Å². The van der Waals surface area contributed by atoms with E-state index in [1.807, 2.05) is 6.92 Å². The third kappa shape index (κ3) is 6.84. The van der Waals surface area contributed by atoms with Crippen LogP contribution in [0, 0.1) is 12.8 Å². The number of hydrogen-bond acceptors (Lipinski definition) is 3. The van der Waals surface area contributed by atoms with Gasteiger partial charge in [-0.1, -0.05) is 18.9 Å². The third-order valence-corrected chi connectivity index (χ3v) is 8.37. The van der Waals surface area contributed by atoms with Gasteiger partial charge in [0.05, 0.1) is 11.1 Å². The van der Waals surface area contributed by atoms with Crippen LogP contribution in [-0.4, -0.2) is 23.3 Å². The maximum absolute atomic E-state index is 13.6. The summed E-state index contributed by atoms with van der Waals surface area (Å²) in [4.78, 5) is 4.16. The smallest absolute Gasteiger partial charge is 0.371 e. The number of nitrogens with zero attached hydrogens (tertiary/aromatic N) is 3. The highest BCUT2D eigenvalue weighted by Gasteiger charge is 2.37. The summed E-state index contributed by atoms with van der Waals surface area (Å²) < 4.78 is 81.7. The molecule has 0 aliphatic heterocycles. The van der Waals surface area contributed by atoms with Crippen molar-refractivity contribution in [1.29, 1.82) is 0 Å². The molecule has 1 N–H and O–H groups in total. The van der Waals surface area contributed by atoms with Crippen LogP contribution in [0.25, 0.3) is 0 Å². The van der Waals surface area contributed by atoms with Crippen LogP contribution in [0.2, 0.25) is 0 Å². The van der Waals surface area contributed by atoms with Gasteiger partial charge in [-0.15, -0.1) is 0 Å². The number of aromatic nitrogens is 2. The molecule has 2 aliphatic carbocycles. The minimum atomic E-state index is -4.90. The Labute approximate surface area is 236 Å². The number of aryl methyl sites for hydroxylation is 3. The van der Waals surface area contributed by atoms with Crippen molar-refractivity contribution in [2.24, 2.45) is 5.92 Å². The molecule has 2 aliphatic rings. The highest BCUT2D eigenvalue weighted by atomic mass is 19.4. The standard InChI is InChI=1S/C31H36F6N4/c1-3-40(17-21-7-4-5-8-21)28-15-24-10-6-9-23(24)14-25(28)19-41(29-11-20(2)38-39-29)18-22-12-26(30(32,33)34)16-27(13-22)31(35,36)37/h11-16,21H,3-10,17-19H2,1-2H3,(H,38,39). The first-order chi connectivity index (χ1) is 19.4. The summed E-state index contributed by atoms with van der Waals surface area (Å²) in [5.41, 5.74) is 2.73. The lowest BCUT2D eigenvalue weighted by Gasteiger charge is -2.31. The predicted octanol–water partition coefficient (Wildman–Crippen LogP) is 8.47. The second-order valence-electron chi connectivity index (χ2n) is 11.5. The number of anilines is 2. The van der Waals surface area contributed by atoms with E-state index < -0.39 is 23.5 Å². The van der Waals surface area contributed by atoms with Gasteiger partial charge in [0.25, 0.3) is 0 Å². The number of alkyl halides is 6. The summed E-state index contributed by atoms with van der Waals surface area (Å²) in [6.45, 7) is 5.82. The minimum absolute atomic E-state index is 0.0752.